The standard InChI is InChI=1S/C20H16N2O4.C2H6O/c1-2-20(25)14-8-16-17-12(7-11-5-3-4-6-15(11)21-17)9-22(16)18(23)13(14)10-26-19(20)24;1-2-3/h3-8,25H,2,9-10H2,1H3;3H,2H2,1H3/t20-;/m0./s1. The maximum atomic E-state index is 13.0. The summed E-state index contributed by atoms with van der Waals surface area (Å²) < 4.78 is 6.72. The molecule has 1 atom stereocenters. The fraction of sp³-hybridized carbons (Fsp3) is 0.318. The van der Waals surface area contributed by atoms with E-state index < -0.39 is 11.6 Å². The fourth-order valence-electron chi connectivity index (χ4n) is 3.93. The molecule has 0 bridgehead atoms. The Morgan fingerprint density at radius 1 is 1.21 bits per heavy atom. The number of aromatic nitrogens is 2. The number of fused-ring (bicyclic) bond motifs is 5. The van der Waals surface area contributed by atoms with Crippen LogP contribution in [0.5, 0.6) is 0 Å². The molecular formula is C22H22N2O5. The number of esters is 1. The number of hydrogen-bond donors (Lipinski definition) is 2. The first-order valence-electron chi connectivity index (χ1n) is 9.61. The van der Waals surface area contributed by atoms with Crippen molar-refractivity contribution in [1.82, 2.24) is 9.55 Å². The number of pyridine rings is 2. The number of aliphatic hydroxyl groups excluding tert-OH is 1. The van der Waals surface area contributed by atoms with Crippen molar-refractivity contribution in [2.45, 2.75) is 39.0 Å². The third-order valence-electron chi connectivity index (χ3n) is 5.42. The lowest BCUT2D eigenvalue weighted by Crippen LogP contribution is -2.44. The number of rotatable bonds is 1. The van der Waals surface area contributed by atoms with Crippen molar-refractivity contribution >= 4 is 16.9 Å². The van der Waals surface area contributed by atoms with Crippen molar-refractivity contribution in [1.29, 1.82) is 0 Å². The molecule has 7 heteroatoms. The normalized spacial score (nSPS) is 19.0. The van der Waals surface area contributed by atoms with Crippen LogP contribution < -0.4 is 5.56 Å². The van der Waals surface area contributed by atoms with Crippen LogP contribution in [-0.4, -0.2) is 32.3 Å². The molecule has 0 spiro atoms. The number of benzene rings is 1. The topological polar surface area (TPSA) is 102 Å². The van der Waals surface area contributed by atoms with Crippen molar-refractivity contribution in [2.75, 3.05) is 6.61 Å². The van der Waals surface area contributed by atoms with Crippen LogP contribution in [0.15, 0.2) is 41.2 Å². The Hall–Kier alpha value is -3.03. The highest BCUT2D eigenvalue weighted by Crippen LogP contribution is 2.38. The highest BCUT2D eigenvalue weighted by atomic mass is 16.6. The maximum Gasteiger partial charge on any atom is 0.343 e. The second-order valence-corrected chi connectivity index (χ2v) is 7.11. The highest BCUT2D eigenvalue weighted by molar-refractivity contribution is 5.86. The molecule has 0 fully saturated rings. The summed E-state index contributed by atoms with van der Waals surface area (Å²) in [5.41, 5.74) is 1.81. The van der Waals surface area contributed by atoms with Crippen molar-refractivity contribution in [2.24, 2.45) is 0 Å². The van der Waals surface area contributed by atoms with Gasteiger partial charge in [0.05, 0.1) is 29.0 Å². The van der Waals surface area contributed by atoms with Crippen LogP contribution in [0.25, 0.3) is 22.3 Å². The third kappa shape index (κ3) is 2.85. The van der Waals surface area contributed by atoms with Crippen LogP contribution in [0.2, 0.25) is 0 Å². The minimum Gasteiger partial charge on any atom is -0.458 e. The van der Waals surface area contributed by atoms with E-state index in [1.54, 1.807) is 24.5 Å². The van der Waals surface area contributed by atoms with Crippen molar-refractivity contribution < 1.29 is 19.7 Å². The number of para-hydroxylation sites is 1. The molecule has 2 aliphatic heterocycles. The van der Waals surface area contributed by atoms with Gasteiger partial charge in [-0.2, -0.15) is 0 Å². The Labute approximate surface area is 167 Å². The third-order valence-corrected chi connectivity index (χ3v) is 5.42. The lowest BCUT2D eigenvalue weighted by atomic mass is 9.86. The molecule has 7 nitrogen and oxygen atoms in total. The smallest absolute Gasteiger partial charge is 0.343 e. The molecular weight excluding hydrogens is 372 g/mol. The largest absolute Gasteiger partial charge is 0.458 e. The van der Waals surface area contributed by atoms with E-state index in [1.165, 1.54) is 0 Å². The van der Waals surface area contributed by atoms with Crippen LogP contribution in [-0.2, 0) is 28.3 Å². The number of carbonyl (C=O) groups is 1. The van der Waals surface area contributed by atoms with Gasteiger partial charge in [0.15, 0.2) is 5.60 Å². The zero-order valence-electron chi connectivity index (χ0n) is 16.3. The Balaban J connectivity index is 0.000000645. The van der Waals surface area contributed by atoms with Gasteiger partial charge in [0.25, 0.3) is 5.56 Å². The van der Waals surface area contributed by atoms with Gasteiger partial charge in [-0.15, -0.1) is 0 Å². The van der Waals surface area contributed by atoms with E-state index in [1.807, 2.05) is 30.3 Å². The van der Waals surface area contributed by atoms with Gasteiger partial charge in [-0.1, -0.05) is 25.1 Å². The average Bonchev–Trinajstić information content (AvgIpc) is 3.08. The Morgan fingerprint density at radius 2 is 1.93 bits per heavy atom. The second kappa shape index (κ2) is 7.09. The first-order valence-corrected chi connectivity index (χ1v) is 9.61. The van der Waals surface area contributed by atoms with E-state index in [9.17, 15) is 14.7 Å². The first-order chi connectivity index (χ1) is 13.9. The van der Waals surface area contributed by atoms with Gasteiger partial charge in [0.1, 0.15) is 6.61 Å². The lowest BCUT2D eigenvalue weighted by Gasteiger charge is -2.31. The van der Waals surface area contributed by atoms with E-state index >= 15 is 0 Å². The summed E-state index contributed by atoms with van der Waals surface area (Å²) in [5.74, 6) is -0.707. The predicted octanol–water partition coefficient (Wildman–Crippen LogP) is 2.08. The number of aliphatic hydroxyl groups is 2. The van der Waals surface area contributed by atoms with Gasteiger partial charge in [0.2, 0.25) is 0 Å². The van der Waals surface area contributed by atoms with Crippen LogP contribution >= 0.6 is 0 Å². The van der Waals surface area contributed by atoms with Gasteiger partial charge >= 0.3 is 5.97 Å². The van der Waals surface area contributed by atoms with Gasteiger partial charge in [-0.3, -0.25) is 4.79 Å². The van der Waals surface area contributed by atoms with Crippen molar-refractivity contribution in [3.05, 3.63) is 63.4 Å². The van der Waals surface area contributed by atoms with Crippen LogP contribution in [0.3, 0.4) is 0 Å². The summed E-state index contributed by atoms with van der Waals surface area (Å²) in [5, 5.41) is 19.4. The van der Waals surface area contributed by atoms with Gasteiger partial charge in [0, 0.05) is 23.1 Å². The zero-order valence-corrected chi connectivity index (χ0v) is 16.3. The van der Waals surface area contributed by atoms with Gasteiger partial charge < -0.3 is 19.5 Å². The van der Waals surface area contributed by atoms with Crippen LogP contribution in [0.4, 0.5) is 0 Å². The van der Waals surface area contributed by atoms with Crippen molar-refractivity contribution in [3.8, 4) is 11.4 Å². The molecule has 0 unspecified atom stereocenters. The quantitative estimate of drug-likeness (QED) is 0.479. The minimum atomic E-state index is -1.79. The van der Waals surface area contributed by atoms with E-state index in [-0.39, 0.29) is 25.2 Å². The van der Waals surface area contributed by atoms with E-state index in [0.717, 1.165) is 22.2 Å². The average molecular weight is 394 g/mol. The molecule has 29 heavy (non-hydrogen) atoms. The Morgan fingerprint density at radius 3 is 2.66 bits per heavy atom. The number of hydrogen-bond acceptors (Lipinski definition) is 6. The zero-order chi connectivity index (χ0) is 20.8. The summed E-state index contributed by atoms with van der Waals surface area (Å²) in [4.78, 5) is 29.9. The summed E-state index contributed by atoms with van der Waals surface area (Å²) in [6.07, 6.45) is 0.139. The highest BCUT2D eigenvalue weighted by Gasteiger charge is 2.45. The summed E-state index contributed by atoms with van der Waals surface area (Å²) in [6, 6.07) is 11.6. The number of ether oxygens (including phenoxy) is 1. The maximum absolute atomic E-state index is 13.0. The fourth-order valence-corrected chi connectivity index (χ4v) is 3.93. The molecule has 150 valence electrons. The number of nitrogens with zero attached hydrogens (tertiary/aromatic N) is 2. The molecule has 3 aromatic rings. The monoisotopic (exact) mass is 394 g/mol. The van der Waals surface area contributed by atoms with Gasteiger partial charge in [-0.25, -0.2) is 9.78 Å². The molecule has 2 N–H and O–H groups in total. The van der Waals surface area contributed by atoms with Crippen LogP contribution in [0.1, 0.15) is 37.0 Å². The van der Waals surface area contributed by atoms with Crippen LogP contribution in [0, 0.1) is 0 Å². The van der Waals surface area contributed by atoms with Gasteiger partial charge in [-0.05, 0) is 31.5 Å². The minimum absolute atomic E-state index is 0.110. The second-order valence-electron chi connectivity index (χ2n) is 7.11. The first kappa shape index (κ1) is 19.3. The molecule has 2 aromatic heterocycles. The predicted molar refractivity (Wildman–Crippen MR) is 107 cm³/mol. The molecule has 2 aliphatic rings. The number of carbonyl (C=O) groups excluding carboxylic acids is 1. The Bertz CT molecular complexity index is 1180. The molecule has 0 saturated heterocycles. The van der Waals surface area contributed by atoms with E-state index in [4.69, 9.17) is 14.8 Å². The molecule has 1 aromatic carbocycles. The number of cyclic esters (lactones) is 1. The molecule has 5 rings (SSSR count). The van der Waals surface area contributed by atoms with E-state index in [2.05, 4.69) is 0 Å². The molecule has 0 saturated carbocycles. The summed E-state index contributed by atoms with van der Waals surface area (Å²) in [6.45, 7) is 3.94. The molecule has 4 heterocycles. The van der Waals surface area contributed by atoms with E-state index in [0.29, 0.717) is 23.4 Å². The molecule has 0 radical (unpaired) electrons. The SMILES string of the molecule is CCO.CC[C@@]1(O)C(=O)OCc2c1cc1n(c2=O)Cc2cc3ccccc3nc2-1. The molecule has 0 amide bonds. The summed E-state index contributed by atoms with van der Waals surface area (Å²) in [7, 11) is 0. The lowest BCUT2D eigenvalue weighted by molar-refractivity contribution is -0.172. The summed E-state index contributed by atoms with van der Waals surface area (Å²) >= 11 is 0. The van der Waals surface area contributed by atoms with Crippen molar-refractivity contribution in [3.63, 3.8) is 0 Å². The molecule has 0 aliphatic carbocycles. The Kier molecular flexibility index (Phi) is 4.72.